The molecule has 13 heavy (non-hydrogen) atoms. The van der Waals surface area contributed by atoms with Crippen molar-refractivity contribution in [2.75, 3.05) is 5.32 Å². The van der Waals surface area contributed by atoms with Gasteiger partial charge in [-0.1, -0.05) is 30.4 Å². The van der Waals surface area contributed by atoms with Crippen molar-refractivity contribution in [3.63, 3.8) is 0 Å². The van der Waals surface area contributed by atoms with Gasteiger partial charge in [0.1, 0.15) is 0 Å². The standard InChI is InChI=1S/C12H15N/c1-3-7-11(8-4-1)13-12-9-5-2-6-10-12/h1,3-5,7-9,12-13H,2,6,10H2/i12D. The second kappa shape index (κ2) is 4.13. The lowest BCUT2D eigenvalue weighted by Crippen LogP contribution is -2.18. The molecular weight excluding hydrogens is 158 g/mol. The molecule has 1 N–H and O–H groups in total. The minimum absolute atomic E-state index is 0.598. The Morgan fingerprint density at radius 3 is 2.85 bits per heavy atom. The van der Waals surface area contributed by atoms with Gasteiger partial charge in [0.2, 0.25) is 0 Å². The van der Waals surface area contributed by atoms with E-state index in [1.165, 1.54) is 0 Å². The highest BCUT2D eigenvalue weighted by atomic mass is 14.9. The Labute approximate surface area is 80.9 Å². The smallest absolute Gasteiger partial charge is 0.0573 e. The molecule has 1 nitrogen and oxygen atoms in total. The van der Waals surface area contributed by atoms with E-state index in [2.05, 4.69) is 11.4 Å². The van der Waals surface area contributed by atoms with E-state index >= 15 is 0 Å². The Morgan fingerprint density at radius 1 is 1.31 bits per heavy atom. The number of rotatable bonds is 2. The first kappa shape index (κ1) is 7.19. The van der Waals surface area contributed by atoms with E-state index < -0.39 is 6.02 Å². The highest BCUT2D eigenvalue weighted by Gasteiger charge is 2.06. The molecule has 1 unspecified atom stereocenters. The van der Waals surface area contributed by atoms with Crippen LogP contribution in [0.1, 0.15) is 20.6 Å². The van der Waals surface area contributed by atoms with Crippen LogP contribution in [-0.2, 0) is 0 Å². The summed E-state index contributed by atoms with van der Waals surface area (Å²) >= 11 is 0. The topological polar surface area (TPSA) is 12.0 Å². The van der Waals surface area contributed by atoms with Crippen LogP contribution in [-0.4, -0.2) is 6.02 Å². The molecule has 0 aliphatic heterocycles. The zero-order chi connectivity index (χ0) is 9.86. The number of hydrogen-bond acceptors (Lipinski definition) is 1. The summed E-state index contributed by atoms with van der Waals surface area (Å²) in [7, 11) is 0. The predicted molar refractivity (Wildman–Crippen MR) is 56.8 cm³/mol. The molecule has 68 valence electrons. The highest BCUT2D eigenvalue weighted by Crippen LogP contribution is 2.15. The van der Waals surface area contributed by atoms with Crippen LogP contribution >= 0.6 is 0 Å². The molecule has 0 saturated heterocycles. The summed E-state index contributed by atoms with van der Waals surface area (Å²) in [6.07, 6.45) is 7.14. The molecule has 1 aliphatic rings. The zero-order valence-electron chi connectivity index (χ0n) is 8.66. The molecule has 1 aromatic rings. The van der Waals surface area contributed by atoms with E-state index in [0.29, 0.717) is 0 Å². The fourth-order valence-electron chi connectivity index (χ4n) is 1.53. The number of allylic oxidation sites excluding steroid dienone is 1. The van der Waals surface area contributed by atoms with E-state index in [-0.39, 0.29) is 0 Å². The van der Waals surface area contributed by atoms with Gasteiger partial charge in [-0.25, -0.2) is 0 Å². The van der Waals surface area contributed by atoms with E-state index in [9.17, 15) is 0 Å². The molecule has 0 amide bonds. The molecule has 1 atom stereocenters. The molecule has 2 rings (SSSR count). The van der Waals surface area contributed by atoms with Gasteiger partial charge < -0.3 is 5.32 Å². The highest BCUT2D eigenvalue weighted by molar-refractivity contribution is 5.44. The van der Waals surface area contributed by atoms with Gasteiger partial charge in [-0.3, -0.25) is 0 Å². The van der Waals surface area contributed by atoms with Gasteiger partial charge >= 0.3 is 0 Å². The van der Waals surface area contributed by atoms with Crippen molar-refractivity contribution >= 4 is 5.69 Å². The number of para-hydroxylation sites is 1. The average molecular weight is 174 g/mol. The van der Waals surface area contributed by atoms with Crippen LogP contribution in [0.5, 0.6) is 0 Å². The lowest BCUT2D eigenvalue weighted by molar-refractivity contribution is 0.674. The summed E-state index contributed by atoms with van der Waals surface area (Å²) in [5.41, 5.74) is 1.02. The van der Waals surface area contributed by atoms with Crippen LogP contribution in [0.4, 0.5) is 5.69 Å². The molecule has 1 heteroatoms. The molecule has 0 fully saturated rings. The largest absolute Gasteiger partial charge is 0.379 e. The van der Waals surface area contributed by atoms with Crippen LogP contribution < -0.4 is 5.32 Å². The quantitative estimate of drug-likeness (QED) is 0.679. The van der Waals surface area contributed by atoms with Gasteiger partial charge in [0.25, 0.3) is 0 Å². The average Bonchev–Trinajstić information content (AvgIpc) is 2.19. The molecule has 0 bridgehead atoms. The molecule has 0 radical (unpaired) electrons. The summed E-state index contributed by atoms with van der Waals surface area (Å²) in [5, 5.41) is 3.24. The summed E-state index contributed by atoms with van der Waals surface area (Å²) in [4.78, 5) is 0. The Bertz CT molecular complexity index is 320. The maximum absolute atomic E-state index is 8.16. The normalized spacial score (nSPS) is 28.2. The maximum atomic E-state index is 8.16. The van der Waals surface area contributed by atoms with Crippen molar-refractivity contribution in [1.29, 1.82) is 0 Å². The number of benzene rings is 1. The van der Waals surface area contributed by atoms with Gasteiger partial charge in [0.15, 0.2) is 0 Å². The second-order valence-electron chi connectivity index (χ2n) is 3.31. The van der Waals surface area contributed by atoms with Crippen molar-refractivity contribution in [3.8, 4) is 0 Å². The number of nitrogens with one attached hydrogen (secondary N) is 1. The molecule has 0 saturated carbocycles. The van der Waals surface area contributed by atoms with Crippen molar-refractivity contribution in [2.45, 2.75) is 25.3 Å². The molecule has 1 aromatic carbocycles. The third kappa shape index (κ3) is 2.35. The Morgan fingerprint density at radius 2 is 2.15 bits per heavy atom. The molecular formula is C12H15N. The molecule has 1 aliphatic carbocycles. The van der Waals surface area contributed by atoms with E-state index in [1.54, 1.807) is 0 Å². The number of hydrogen-bond donors (Lipinski definition) is 1. The van der Waals surface area contributed by atoms with E-state index in [4.69, 9.17) is 1.37 Å². The van der Waals surface area contributed by atoms with Gasteiger partial charge in [-0.2, -0.15) is 0 Å². The summed E-state index contributed by atoms with van der Waals surface area (Å²) in [5.74, 6) is 0. The fourth-order valence-corrected chi connectivity index (χ4v) is 1.53. The van der Waals surface area contributed by atoms with Gasteiger partial charge in [-0.15, -0.1) is 0 Å². The minimum Gasteiger partial charge on any atom is -0.379 e. The van der Waals surface area contributed by atoms with Gasteiger partial charge in [-0.05, 0) is 31.4 Å². The van der Waals surface area contributed by atoms with Crippen molar-refractivity contribution in [2.24, 2.45) is 0 Å². The maximum Gasteiger partial charge on any atom is 0.0573 e. The fraction of sp³-hybridized carbons (Fsp3) is 0.333. The summed E-state index contributed by atoms with van der Waals surface area (Å²) < 4.78 is 8.16. The first-order chi connectivity index (χ1) is 6.79. The molecule has 0 spiro atoms. The SMILES string of the molecule is [2H]C1(Nc2ccccc2)C=CCCC1. The Balaban J connectivity index is 2.10. The van der Waals surface area contributed by atoms with E-state index in [0.717, 1.165) is 24.9 Å². The minimum atomic E-state index is -0.598. The first-order valence-corrected chi connectivity index (χ1v) is 4.79. The monoisotopic (exact) mass is 174 g/mol. The molecule has 0 aromatic heterocycles. The molecule has 0 heterocycles. The van der Waals surface area contributed by atoms with Crippen LogP contribution in [0.3, 0.4) is 0 Å². The van der Waals surface area contributed by atoms with Crippen LogP contribution in [0.2, 0.25) is 0 Å². The van der Waals surface area contributed by atoms with Crippen molar-refractivity contribution in [3.05, 3.63) is 42.5 Å². The van der Waals surface area contributed by atoms with Crippen LogP contribution in [0.15, 0.2) is 42.5 Å². The Hall–Kier alpha value is -1.24. The zero-order valence-corrected chi connectivity index (χ0v) is 7.66. The third-order valence-electron chi connectivity index (χ3n) is 2.21. The van der Waals surface area contributed by atoms with Gasteiger partial charge in [0.05, 0.1) is 1.37 Å². The summed E-state index contributed by atoms with van der Waals surface area (Å²) in [6.45, 7) is 0. The predicted octanol–water partition coefficient (Wildman–Crippen LogP) is 3.21. The summed E-state index contributed by atoms with van der Waals surface area (Å²) in [6, 6.07) is 9.35. The van der Waals surface area contributed by atoms with E-state index in [1.807, 2.05) is 36.4 Å². The van der Waals surface area contributed by atoms with Crippen molar-refractivity contribution < 1.29 is 1.37 Å². The van der Waals surface area contributed by atoms with Crippen LogP contribution in [0.25, 0.3) is 0 Å². The second-order valence-corrected chi connectivity index (χ2v) is 3.31. The Kier molecular flexibility index (Phi) is 2.28. The van der Waals surface area contributed by atoms with Crippen molar-refractivity contribution in [1.82, 2.24) is 0 Å². The number of anilines is 1. The lowest BCUT2D eigenvalue weighted by Gasteiger charge is -2.18. The first-order valence-electron chi connectivity index (χ1n) is 5.29. The third-order valence-corrected chi connectivity index (χ3v) is 2.21. The lowest BCUT2D eigenvalue weighted by atomic mass is 10.0. The van der Waals surface area contributed by atoms with Crippen LogP contribution in [0, 0.1) is 0 Å². The van der Waals surface area contributed by atoms with Gasteiger partial charge in [0, 0.05) is 11.7 Å².